The fourth-order valence-corrected chi connectivity index (χ4v) is 4.24. The predicted molar refractivity (Wildman–Crippen MR) is 123 cm³/mol. The number of hydrogen-bond acceptors (Lipinski definition) is 4. The van der Waals surface area contributed by atoms with E-state index in [9.17, 15) is 19.5 Å². The van der Waals surface area contributed by atoms with Gasteiger partial charge in [-0.05, 0) is 38.0 Å². The number of halogens is 1. The molecular formula is C23H31ClN4O4. The molecule has 2 amide bonds. The van der Waals surface area contributed by atoms with Crippen LogP contribution in [0.4, 0.5) is 0 Å². The molecule has 9 heteroatoms. The van der Waals surface area contributed by atoms with Crippen LogP contribution >= 0.6 is 11.6 Å². The van der Waals surface area contributed by atoms with Crippen molar-refractivity contribution in [3.05, 3.63) is 51.2 Å². The van der Waals surface area contributed by atoms with E-state index in [1.54, 1.807) is 39.3 Å². The first-order valence-electron chi connectivity index (χ1n) is 11.0. The summed E-state index contributed by atoms with van der Waals surface area (Å²) >= 11 is 6.27. The molecule has 1 atom stereocenters. The summed E-state index contributed by atoms with van der Waals surface area (Å²) in [5, 5.41) is 13.5. The molecule has 3 rings (SSSR count). The molecule has 0 saturated heterocycles. The normalized spacial score (nSPS) is 15.8. The maximum Gasteiger partial charge on any atom is 0.333 e. The first-order valence-corrected chi connectivity index (χ1v) is 11.3. The first kappa shape index (κ1) is 24.1. The molecule has 1 aromatic heterocycles. The number of amides is 2. The van der Waals surface area contributed by atoms with E-state index in [0.29, 0.717) is 11.4 Å². The average molecular weight is 463 g/mol. The Labute approximate surface area is 192 Å². The molecule has 0 spiro atoms. The maximum atomic E-state index is 12.9. The lowest BCUT2D eigenvalue weighted by Crippen LogP contribution is -2.40. The molecule has 0 radical (unpaired) electrons. The van der Waals surface area contributed by atoms with Crippen LogP contribution in [-0.2, 0) is 11.3 Å². The molecule has 1 heterocycles. The maximum absolute atomic E-state index is 12.9. The molecule has 1 aliphatic rings. The highest BCUT2D eigenvalue weighted by molar-refractivity contribution is 6.33. The lowest BCUT2D eigenvalue weighted by molar-refractivity contribution is -0.129. The lowest BCUT2D eigenvalue weighted by atomic mass is 9.98. The fraction of sp³-hybridized carbons (Fsp3) is 0.522. The van der Waals surface area contributed by atoms with Gasteiger partial charge in [0.25, 0.3) is 5.91 Å². The SMILES string of the molecule is Cc1cn(-c2ccc(Cl)c(C(=O)NC(O)C3CCCCCC3)c2)c(=O)n1CC(=O)N(C)C. The Bertz CT molecular complexity index is 1040. The molecule has 174 valence electrons. The lowest BCUT2D eigenvalue weighted by Gasteiger charge is -2.22. The second kappa shape index (κ2) is 10.4. The zero-order valence-corrected chi connectivity index (χ0v) is 19.6. The van der Waals surface area contributed by atoms with E-state index in [2.05, 4.69) is 5.32 Å². The number of likely N-dealkylation sites (N-methyl/N-ethyl adjacent to an activating group) is 1. The second-order valence-corrected chi connectivity index (χ2v) is 9.04. The zero-order chi connectivity index (χ0) is 23.4. The van der Waals surface area contributed by atoms with Gasteiger partial charge in [-0.25, -0.2) is 4.79 Å². The Morgan fingerprint density at radius 1 is 1.22 bits per heavy atom. The van der Waals surface area contributed by atoms with E-state index >= 15 is 0 Å². The molecule has 0 bridgehead atoms. The van der Waals surface area contributed by atoms with Crippen molar-refractivity contribution in [2.45, 2.75) is 58.2 Å². The number of aromatic nitrogens is 2. The van der Waals surface area contributed by atoms with Gasteiger partial charge in [-0.1, -0.05) is 37.3 Å². The van der Waals surface area contributed by atoms with Crippen LogP contribution in [0.5, 0.6) is 0 Å². The summed E-state index contributed by atoms with van der Waals surface area (Å²) in [4.78, 5) is 39.3. The Kier molecular flexibility index (Phi) is 7.79. The molecule has 2 N–H and O–H groups in total. The number of benzene rings is 1. The van der Waals surface area contributed by atoms with Crippen LogP contribution in [0.2, 0.25) is 5.02 Å². The number of carbonyl (C=O) groups excluding carboxylic acids is 2. The smallest absolute Gasteiger partial charge is 0.333 e. The predicted octanol–water partition coefficient (Wildman–Crippen LogP) is 2.71. The van der Waals surface area contributed by atoms with E-state index in [0.717, 1.165) is 38.5 Å². The van der Waals surface area contributed by atoms with Crippen LogP contribution in [0.15, 0.2) is 29.2 Å². The Morgan fingerprint density at radius 3 is 2.50 bits per heavy atom. The number of rotatable bonds is 6. The van der Waals surface area contributed by atoms with Gasteiger partial charge in [0.2, 0.25) is 5.91 Å². The molecule has 1 unspecified atom stereocenters. The Morgan fingerprint density at radius 2 is 1.88 bits per heavy atom. The standard InChI is InChI=1S/C23H31ClN4O4/c1-15-13-28(23(32)27(15)14-20(29)26(2)3)17-10-11-19(24)18(12-17)22(31)25-21(30)16-8-6-4-5-7-9-16/h10-13,16,21,30H,4-9,14H2,1-3H3,(H,25,31). The van der Waals surface area contributed by atoms with Crippen LogP contribution in [0.1, 0.15) is 54.6 Å². The topological polar surface area (TPSA) is 96.6 Å². The van der Waals surface area contributed by atoms with E-state index in [1.165, 1.54) is 20.1 Å². The van der Waals surface area contributed by atoms with Crippen LogP contribution < -0.4 is 11.0 Å². The van der Waals surface area contributed by atoms with E-state index in [4.69, 9.17) is 11.6 Å². The molecule has 2 aromatic rings. The van der Waals surface area contributed by atoms with E-state index in [-0.39, 0.29) is 34.6 Å². The summed E-state index contributed by atoms with van der Waals surface area (Å²) < 4.78 is 2.76. The minimum Gasteiger partial charge on any atom is -0.373 e. The average Bonchev–Trinajstić information content (AvgIpc) is 2.94. The third-order valence-corrected chi connectivity index (χ3v) is 6.40. The van der Waals surface area contributed by atoms with Crippen molar-refractivity contribution >= 4 is 23.4 Å². The summed E-state index contributed by atoms with van der Waals surface area (Å²) in [5.41, 5.74) is 0.867. The molecule has 1 aromatic carbocycles. The summed E-state index contributed by atoms with van der Waals surface area (Å²) in [6.07, 6.45) is 6.83. The monoisotopic (exact) mass is 462 g/mol. The van der Waals surface area contributed by atoms with Gasteiger partial charge in [0.05, 0.1) is 16.3 Å². The van der Waals surface area contributed by atoms with Gasteiger partial charge >= 0.3 is 5.69 Å². The number of nitrogens with zero attached hydrogens (tertiary/aromatic N) is 3. The number of aliphatic hydroxyl groups is 1. The summed E-state index contributed by atoms with van der Waals surface area (Å²) in [5.74, 6) is -0.658. The van der Waals surface area contributed by atoms with Gasteiger partial charge in [0.1, 0.15) is 12.8 Å². The van der Waals surface area contributed by atoms with Gasteiger partial charge in [0, 0.05) is 31.9 Å². The minimum absolute atomic E-state index is 0.0249. The third-order valence-electron chi connectivity index (χ3n) is 6.07. The minimum atomic E-state index is -0.941. The number of hydrogen-bond donors (Lipinski definition) is 2. The number of imidazole rings is 1. The molecular weight excluding hydrogens is 432 g/mol. The van der Waals surface area contributed by atoms with Crippen molar-refractivity contribution in [2.24, 2.45) is 5.92 Å². The molecule has 1 fully saturated rings. The van der Waals surface area contributed by atoms with Gasteiger partial charge in [-0.2, -0.15) is 0 Å². The van der Waals surface area contributed by atoms with Crippen molar-refractivity contribution in [1.29, 1.82) is 0 Å². The van der Waals surface area contributed by atoms with Crippen LogP contribution in [-0.4, -0.2) is 51.3 Å². The number of carbonyl (C=O) groups is 2. The highest BCUT2D eigenvalue weighted by Gasteiger charge is 2.24. The summed E-state index contributed by atoms with van der Waals surface area (Å²) in [6.45, 7) is 1.67. The van der Waals surface area contributed by atoms with Crippen molar-refractivity contribution in [3.8, 4) is 5.69 Å². The fourth-order valence-electron chi connectivity index (χ4n) is 4.04. The molecule has 0 aliphatic heterocycles. The Balaban J connectivity index is 1.83. The van der Waals surface area contributed by atoms with Gasteiger partial charge in [0.15, 0.2) is 0 Å². The van der Waals surface area contributed by atoms with Gasteiger partial charge < -0.3 is 15.3 Å². The van der Waals surface area contributed by atoms with Crippen LogP contribution in [0.25, 0.3) is 5.69 Å². The van der Waals surface area contributed by atoms with Crippen LogP contribution in [0, 0.1) is 12.8 Å². The third kappa shape index (κ3) is 5.42. The van der Waals surface area contributed by atoms with E-state index < -0.39 is 12.1 Å². The highest BCUT2D eigenvalue weighted by Crippen LogP contribution is 2.26. The zero-order valence-electron chi connectivity index (χ0n) is 18.8. The Hall–Kier alpha value is -2.58. The van der Waals surface area contributed by atoms with Gasteiger partial charge in [-0.15, -0.1) is 0 Å². The highest BCUT2D eigenvalue weighted by atomic mass is 35.5. The first-order chi connectivity index (χ1) is 15.2. The largest absolute Gasteiger partial charge is 0.373 e. The molecule has 1 aliphatic carbocycles. The quantitative estimate of drug-likeness (QED) is 0.509. The molecule has 8 nitrogen and oxygen atoms in total. The summed E-state index contributed by atoms with van der Waals surface area (Å²) in [6, 6.07) is 4.71. The van der Waals surface area contributed by atoms with E-state index in [1.807, 2.05) is 0 Å². The van der Waals surface area contributed by atoms with Gasteiger partial charge in [-0.3, -0.25) is 18.7 Å². The second-order valence-electron chi connectivity index (χ2n) is 8.63. The number of aryl methyl sites for hydroxylation is 1. The van der Waals surface area contributed by atoms with Crippen molar-refractivity contribution in [2.75, 3.05) is 14.1 Å². The van der Waals surface area contributed by atoms with Crippen molar-refractivity contribution in [3.63, 3.8) is 0 Å². The van der Waals surface area contributed by atoms with Crippen molar-refractivity contribution in [1.82, 2.24) is 19.4 Å². The number of nitrogens with one attached hydrogen (secondary N) is 1. The molecule has 1 saturated carbocycles. The number of aliphatic hydroxyl groups excluding tert-OH is 1. The molecule has 32 heavy (non-hydrogen) atoms. The van der Waals surface area contributed by atoms with Crippen LogP contribution in [0.3, 0.4) is 0 Å². The summed E-state index contributed by atoms with van der Waals surface area (Å²) in [7, 11) is 3.26. The van der Waals surface area contributed by atoms with Crippen molar-refractivity contribution < 1.29 is 14.7 Å².